The summed E-state index contributed by atoms with van der Waals surface area (Å²) in [6.45, 7) is 4.26. The normalized spacial score (nSPS) is 15.2. The van der Waals surface area contributed by atoms with Gasteiger partial charge in [0.05, 0.1) is 19.0 Å². The average molecular weight is 435 g/mol. The Kier molecular flexibility index (Phi) is 7.71. The highest BCUT2D eigenvalue weighted by atomic mass is 32.2. The van der Waals surface area contributed by atoms with Gasteiger partial charge in [-0.3, -0.25) is 4.79 Å². The molecule has 0 saturated carbocycles. The van der Waals surface area contributed by atoms with E-state index in [1.807, 2.05) is 0 Å². The number of benzene rings is 2. The highest BCUT2D eigenvalue weighted by molar-refractivity contribution is 7.99. The molecule has 0 atom stereocenters. The maximum atomic E-state index is 12.5. The van der Waals surface area contributed by atoms with E-state index in [9.17, 15) is 13.2 Å². The van der Waals surface area contributed by atoms with Crippen LogP contribution in [-0.4, -0.2) is 57.2 Å². The van der Waals surface area contributed by atoms with Crippen LogP contribution in [0.3, 0.4) is 0 Å². The molecule has 0 bridgehead atoms. The third-order valence-corrected chi connectivity index (χ3v) is 7.47. The van der Waals surface area contributed by atoms with Crippen molar-refractivity contribution in [1.82, 2.24) is 9.62 Å². The van der Waals surface area contributed by atoms with E-state index in [2.05, 4.69) is 36.5 Å². The Hall–Kier alpha value is -1.87. The average Bonchev–Trinajstić information content (AvgIpc) is 2.73. The highest BCUT2D eigenvalue weighted by Crippen LogP contribution is 2.17. The lowest BCUT2D eigenvalue weighted by Gasteiger charge is -2.26. The maximum Gasteiger partial charge on any atom is 0.251 e. The molecule has 0 unspecified atom stereocenters. The molecule has 1 aliphatic heterocycles. The number of morpholine rings is 1. The van der Waals surface area contributed by atoms with Crippen LogP contribution >= 0.6 is 11.8 Å². The molecule has 1 heterocycles. The number of amides is 1. The Balaban J connectivity index is 1.46. The summed E-state index contributed by atoms with van der Waals surface area (Å²) in [6, 6.07) is 15.0. The molecule has 2 aromatic carbocycles. The zero-order valence-corrected chi connectivity index (χ0v) is 18.1. The molecular weight excluding hydrogens is 408 g/mol. The number of sulfonamides is 1. The Morgan fingerprint density at radius 2 is 1.72 bits per heavy atom. The molecule has 0 spiro atoms. The Labute approximate surface area is 176 Å². The molecule has 8 heteroatoms. The van der Waals surface area contributed by atoms with Gasteiger partial charge in [-0.2, -0.15) is 4.31 Å². The molecular formula is C21H26N2O4S2. The number of hydrogen-bond acceptors (Lipinski definition) is 5. The fourth-order valence-corrected chi connectivity index (χ4v) is 5.22. The molecule has 1 fully saturated rings. The van der Waals surface area contributed by atoms with Crippen LogP contribution in [0.4, 0.5) is 0 Å². The van der Waals surface area contributed by atoms with Gasteiger partial charge in [-0.15, -0.1) is 11.8 Å². The van der Waals surface area contributed by atoms with Crippen molar-refractivity contribution in [3.8, 4) is 0 Å². The summed E-state index contributed by atoms with van der Waals surface area (Å²) in [5, 5.41) is 2.90. The second-order valence-electron chi connectivity index (χ2n) is 6.88. The van der Waals surface area contributed by atoms with E-state index in [-0.39, 0.29) is 11.7 Å². The van der Waals surface area contributed by atoms with Crippen LogP contribution < -0.4 is 5.32 Å². The second-order valence-corrected chi connectivity index (χ2v) is 10.0. The molecule has 2 aromatic rings. The molecule has 3 rings (SSSR count). The number of nitrogens with one attached hydrogen (secondary N) is 1. The molecule has 1 N–H and O–H groups in total. The monoisotopic (exact) mass is 434 g/mol. The lowest BCUT2D eigenvalue weighted by molar-refractivity contribution is 0.0729. The van der Waals surface area contributed by atoms with Crippen molar-refractivity contribution in [2.75, 3.05) is 38.6 Å². The molecule has 156 valence electrons. The molecule has 0 aromatic heterocycles. The molecule has 29 heavy (non-hydrogen) atoms. The number of carbonyl (C=O) groups excluding carboxylic acids is 1. The first kappa shape index (κ1) is 21.8. The fraction of sp³-hybridized carbons (Fsp3) is 0.381. The van der Waals surface area contributed by atoms with Gasteiger partial charge in [0.15, 0.2) is 0 Å². The predicted octanol–water partition coefficient (Wildman–Crippen LogP) is 2.68. The van der Waals surface area contributed by atoms with Crippen molar-refractivity contribution < 1.29 is 17.9 Å². The van der Waals surface area contributed by atoms with Crippen LogP contribution in [0.15, 0.2) is 53.4 Å². The second kappa shape index (κ2) is 10.2. The van der Waals surface area contributed by atoms with Gasteiger partial charge in [-0.25, -0.2) is 8.42 Å². The van der Waals surface area contributed by atoms with E-state index in [1.165, 1.54) is 14.8 Å². The van der Waals surface area contributed by atoms with Gasteiger partial charge in [0.1, 0.15) is 0 Å². The van der Waals surface area contributed by atoms with E-state index in [0.717, 1.165) is 5.75 Å². The van der Waals surface area contributed by atoms with Gasteiger partial charge in [0.2, 0.25) is 10.0 Å². The molecule has 0 radical (unpaired) electrons. The first-order valence-corrected chi connectivity index (χ1v) is 12.2. The van der Waals surface area contributed by atoms with Crippen LogP contribution in [0.25, 0.3) is 0 Å². The number of carbonyl (C=O) groups is 1. The van der Waals surface area contributed by atoms with Crippen molar-refractivity contribution in [2.45, 2.75) is 17.6 Å². The number of ether oxygens (including phenoxy) is 1. The van der Waals surface area contributed by atoms with Gasteiger partial charge < -0.3 is 10.1 Å². The van der Waals surface area contributed by atoms with Crippen LogP contribution in [0.5, 0.6) is 0 Å². The topological polar surface area (TPSA) is 75.7 Å². The van der Waals surface area contributed by atoms with E-state index >= 15 is 0 Å². The summed E-state index contributed by atoms with van der Waals surface area (Å²) in [4.78, 5) is 13.5. The van der Waals surface area contributed by atoms with Crippen molar-refractivity contribution in [3.05, 3.63) is 65.2 Å². The van der Waals surface area contributed by atoms with Crippen LogP contribution in [0.1, 0.15) is 21.5 Å². The van der Waals surface area contributed by atoms with Crippen molar-refractivity contribution in [3.63, 3.8) is 0 Å². The fourth-order valence-electron chi connectivity index (χ4n) is 2.95. The molecule has 0 aliphatic carbocycles. The van der Waals surface area contributed by atoms with Crippen LogP contribution in [-0.2, 0) is 20.5 Å². The third kappa shape index (κ3) is 6.57. The van der Waals surface area contributed by atoms with Gasteiger partial charge in [-0.05, 0) is 36.8 Å². The zero-order chi connectivity index (χ0) is 20.7. The zero-order valence-electron chi connectivity index (χ0n) is 16.5. The third-order valence-electron chi connectivity index (χ3n) is 4.61. The van der Waals surface area contributed by atoms with Gasteiger partial charge in [-0.1, -0.05) is 29.8 Å². The van der Waals surface area contributed by atoms with Gasteiger partial charge >= 0.3 is 0 Å². The minimum absolute atomic E-state index is 0.0674. The van der Waals surface area contributed by atoms with Crippen molar-refractivity contribution in [1.29, 1.82) is 0 Å². The van der Waals surface area contributed by atoms with E-state index in [0.29, 0.717) is 44.0 Å². The Morgan fingerprint density at radius 1 is 1.07 bits per heavy atom. The van der Waals surface area contributed by atoms with Crippen LogP contribution in [0, 0.1) is 6.92 Å². The molecule has 6 nitrogen and oxygen atoms in total. The number of rotatable bonds is 8. The molecule has 1 amide bonds. The first-order valence-electron chi connectivity index (χ1n) is 9.56. The SMILES string of the molecule is Cc1ccc(SCCNC(=O)c2ccc(CS(=O)(=O)N3CCOCC3)cc2)cc1. The minimum atomic E-state index is -3.37. The predicted molar refractivity (Wildman–Crippen MR) is 116 cm³/mol. The van der Waals surface area contributed by atoms with E-state index in [4.69, 9.17) is 4.74 Å². The smallest absolute Gasteiger partial charge is 0.251 e. The lowest BCUT2D eigenvalue weighted by atomic mass is 10.1. The first-order chi connectivity index (χ1) is 13.9. The summed E-state index contributed by atoms with van der Waals surface area (Å²) < 4.78 is 31.6. The summed E-state index contributed by atoms with van der Waals surface area (Å²) >= 11 is 1.69. The summed E-state index contributed by atoms with van der Waals surface area (Å²) in [6.07, 6.45) is 0. The number of aryl methyl sites for hydroxylation is 1. The summed E-state index contributed by atoms with van der Waals surface area (Å²) in [7, 11) is -3.37. The largest absolute Gasteiger partial charge is 0.379 e. The van der Waals surface area contributed by atoms with Crippen molar-refractivity contribution >= 4 is 27.7 Å². The van der Waals surface area contributed by atoms with E-state index in [1.54, 1.807) is 36.0 Å². The van der Waals surface area contributed by atoms with Gasteiger partial charge in [0, 0.05) is 35.8 Å². The highest BCUT2D eigenvalue weighted by Gasteiger charge is 2.24. The maximum absolute atomic E-state index is 12.5. The summed E-state index contributed by atoms with van der Waals surface area (Å²) in [5.74, 6) is 0.560. The van der Waals surface area contributed by atoms with Crippen molar-refractivity contribution in [2.24, 2.45) is 0 Å². The minimum Gasteiger partial charge on any atom is -0.379 e. The molecule has 1 aliphatic rings. The lowest BCUT2D eigenvalue weighted by Crippen LogP contribution is -2.41. The number of thioether (sulfide) groups is 1. The number of hydrogen-bond donors (Lipinski definition) is 1. The standard InChI is InChI=1S/C21H26N2O4S2/c1-17-2-8-20(9-3-17)28-15-10-22-21(24)19-6-4-18(5-7-19)16-29(25,26)23-11-13-27-14-12-23/h2-9H,10-16H2,1H3,(H,22,24). The Morgan fingerprint density at radius 3 is 2.38 bits per heavy atom. The van der Waals surface area contributed by atoms with E-state index < -0.39 is 10.0 Å². The summed E-state index contributed by atoms with van der Waals surface area (Å²) in [5.41, 5.74) is 2.42. The van der Waals surface area contributed by atoms with Gasteiger partial charge in [0.25, 0.3) is 5.91 Å². The molecule has 1 saturated heterocycles. The quantitative estimate of drug-likeness (QED) is 0.511. The Bertz CT molecular complexity index is 907. The van der Waals surface area contributed by atoms with Crippen LogP contribution in [0.2, 0.25) is 0 Å². The number of nitrogens with zero attached hydrogens (tertiary/aromatic N) is 1.